The average Bonchev–Trinajstić information content (AvgIpc) is 3.43. The van der Waals surface area contributed by atoms with Crippen molar-refractivity contribution in [1.82, 2.24) is 9.97 Å². The fourth-order valence-electron chi connectivity index (χ4n) is 2.85. The normalized spacial score (nSPS) is 10.7. The lowest BCUT2D eigenvalue weighted by Gasteiger charge is -2.04. The van der Waals surface area contributed by atoms with Gasteiger partial charge in [0.1, 0.15) is 5.75 Å². The van der Waals surface area contributed by atoms with Crippen LogP contribution < -0.4 is 10.1 Å². The highest BCUT2D eigenvalue weighted by Crippen LogP contribution is 2.31. The van der Waals surface area contributed by atoms with Gasteiger partial charge in [0.25, 0.3) is 0 Å². The summed E-state index contributed by atoms with van der Waals surface area (Å²) in [5, 5.41) is 5.72. The number of nitrogens with zero attached hydrogens (tertiary/aromatic N) is 2. The maximum Gasteiger partial charge on any atom is 0.226 e. The molecule has 0 saturated carbocycles. The van der Waals surface area contributed by atoms with Gasteiger partial charge in [-0.25, -0.2) is 9.97 Å². The standard InChI is InChI=1S/C22H18ClN3O3S/c1-28-18-8-7-15(11-16(18)23)17-13-30-22(25-17)26-20(27)9-10-21-24-12-19(29-21)14-5-3-2-4-6-14/h2-8,11-13H,9-10H2,1H3,(H,25,26,27). The van der Waals surface area contributed by atoms with Gasteiger partial charge in [0.2, 0.25) is 5.91 Å². The van der Waals surface area contributed by atoms with Crippen molar-refractivity contribution in [1.29, 1.82) is 0 Å². The Morgan fingerprint density at radius 2 is 2.03 bits per heavy atom. The van der Waals surface area contributed by atoms with E-state index in [9.17, 15) is 4.79 Å². The molecule has 30 heavy (non-hydrogen) atoms. The number of anilines is 1. The smallest absolute Gasteiger partial charge is 0.226 e. The van der Waals surface area contributed by atoms with Crippen LogP contribution in [0.1, 0.15) is 12.3 Å². The van der Waals surface area contributed by atoms with Crippen LogP contribution in [0.2, 0.25) is 5.02 Å². The zero-order valence-corrected chi connectivity index (χ0v) is 17.7. The molecule has 6 nitrogen and oxygen atoms in total. The topological polar surface area (TPSA) is 77.2 Å². The Labute approximate surface area is 182 Å². The Hall–Kier alpha value is -3.16. The van der Waals surface area contributed by atoms with Gasteiger partial charge in [0, 0.05) is 29.3 Å². The maximum atomic E-state index is 12.3. The van der Waals surface area contributed by atoms with E-state index >= 15 is 0 Å². The third-order valence-electron chi connectivity index (χ3n) is 4.38. The average molecular weight is 440 g/mol. The number of aromatic nitrogens is 2. The van der Waals surface area contributed by atoms with Crippen LogP contribution >= 0.6 is 22.9 Å². The molecule has 1 N–H and O–H groups in total. The lowest BCUT2D eigenvalue weighted by atomic mass is 10.2. The second-order valence-electron chi connectivity index (χ2n) is 6.42. The summed E-state index contributed by atoms with van der Waals surface area (Å²) in [6, 6.07) is 15.2. The molecule has 0 unspecified atom stereocenters. The van der Waals surface area contributed by atoms with Gasteiger partial charge in [0.05, 0.1) is 24.0 Å². The Morgan fingerprint density at radius 1 is 1.20 bits per heavy atom. The number of nitrogens with one attached hydrogen (secondary N) is 1. The van der Waals surface area contributed by atoms with Gasteiger partial charge < -0.3 is 14.5 Å². The molecule has 8 heteroatoms. The van der Waals surface area contributed by atoms with E-state index in [0.717, 1.165) is 16.8 Å². The lowest BCUT2D eigenvalue weighted by Crippen LogP contribution is -2.12. The Morgan fingerprint density at radius 3 is 2.80 bits per heavy atom. The first-order chi connectivity index (χ1) is 14.6. The second kappa shape index (κ2) is 9.11. The largest absolute Gasteiger partial charge is 0.495 e. The third kappa shape index (κ3) is 4.69. The summed E-state index contributed by atoms with van der Waals surface area (Å²) in [7, 11) is 1.57. The first-order valence-electron chi connectivity index (χ1n) is 9.22. The fourth-order valence-corrected chi connectivity index (χ4v) is 3.85. The number of thiazole rings is 1. The van der Waals surface area contributed by atoms with Crippen LogP contribution in [0.3, 0.4) is 0 Å². The highest BCUT2D eigenvalue weighted by atomic mass is 35.5. The summed E-state index contributed by atoms with van der Waals surface area (Å²) >= 11 is 7.53. The van der Waals surface area contributed by atoms with Crippen LogP contribution in [0.25, 0.3) is 22.6 Å². The predicted octanol–water partition coefficient (Wildman–Crippen LogP) is 5.70. The minimum absolute atomic E-state index is 0.150. The molecular formula is C22H18ClN3O3S. The summed E-state index contributed by atoms with van der Waals surface area (Å²) in [5.41, 5.74) is 2.54. The molecule has 2 heterocycles. The van der Waals surface area contributed by atoms with E-state index in [1.807, 2.05) is 41.8 Å². The van der Waals surface area contributed by atoms with Gasteiger partial charge >= 0.3 is 0 Å². The highest BCUT2D eigenvalue weighted by Gasteiger charge is 2.12. The molecule has 1 amide bonds. The molecule has 2 aromatic heterocycles. The molecule has 0 aliphatic heterocycles. The Bertz CT molecular complexity index is 1160. The summed E-state index contributed by atoms with van der Waals surface area (Å²) < 4.78 is 10.9. The lowest BCUT2D eigenvalue weighted by molar-refractivity contribution is -0.116. The molecular weight excluding hydrogens is 422 g/mol. The molecule has 0 aliphatic carbocycles. The molecule has 152 valence electrons. The van der Waals surface area contributed by atoms with Crippen LogP contribution in [0.5, 0.6) is 5.75 Å². The number of oxazole rings is 1. The summed E-state index contributed by atoms with van der Waals surface area (Å²) in [5.74, 6) is 1.67. The minimum atomic E-state index is -0.150. The number of carbonyl (C=O) groups is 1. The van der Waals surface area contributed by atoms with Crippen molar-refractivity contribution in [3.05, 3.63) is 71.0 Å². The molecule has 0 aliphatic rings. The number of aryl methyl sites for hydroxylation is 1. The summed E-state index contributed by atoms with van der Waals surface area (Å²) in [4.78, 5) is 21.0. The number of amides is 1. The van der Waals surface area contributed by atoms with Crippen LogP contribution in [-0.4, -0.2) is 23.0 Å². The van der Waals surface area contributed by atoms with Crippen molar-refractivity contribution in [2.24, 2.45) is 0 Å². The number of rotatable bonds is 7. The van der Waals surface area contributed by atoms with Crippen molar-refractivity contribution in [3.63, 3.8) is 0 Å². The van der Waals surface area contributed by atoms with Gasteiger partial charge in [-0.3, -0.25) is 4.79 Å². The summed E-state index contributed by atoms with van der Waals surface area (Å²) in [6.07, 6.45) is 2.33. The number of ether oxygens (including phenoxy) is 1. The van der Waals surface area contributed by atoms with E-state index in [1.165, 1.54) is 11.3 Å². The number of hydrogen-bond acceptors (Lipinski definition) is 6. The van der Waals surface area contributed by atoms with Gasteiger partial charge in [-0.2, -0.15) is 0 Å². The molecule has 0 saturated heterocycles. The maximum absolute atomic E-state index is 12.3. The first kappa shape index (κ1) is 20.1. The zero-order valence-electron chi connectivity index (χ0n) is 16.1. The van der Waals surface area contributed by atoms with Crippen molar-refractivity contribution >= 4 is 34.0 Å². The van der Waals surface area contributed by atoms with E-state index in [-0.39, 0.29) is 12.3 Å². The summed E-state index contributed by atoms with van der Waals surface area (Å²) in [6.45, 7) is 0. The van der Waals surface area contributed by atoms with E-state index in [0.29, 0.717) is 34.0 Å². The number of carbonyl (C=O) groups excluding carboxylic acids is 1. The number of methoxy groups -OCH3 is 1. The molecule has 2 aromatic carbocycles. The van der Waals surface area contributed by atoms with E-state index in [1.54, 1.807) is 25.4 Å². The van der Waals surface area contributed by atoms with Gasteiger partial charge in [-0.1, -0.05) is 41.9 Å². The quantitative estimate of drug-likeness (QED) is 0.399. The zero-order chi connectivity index (χ0) is 20.9. The first-order valence-corrected chi connectivity index (χ1v) is 10.5. The third-order valence-corrected chi connectivity index (χ3v) is 5.43. The van der Waals surface area contributed by atoms with E-state index in [2.05, 4.69) is 15.3 Å². The van der Waals surface area contributed by atoms with Crippen molar-refractivity contribution in [3.8, 4) is 28.3 Å². The monoisotopic (exact) mass is 439 g/mol. The highest BCUT2D eigenvalue weighted by molar-refractivity contribution is 7.14. The van der Waals surface area contributed by atoms with Crippen LogP contribution in [-0.2, 0) is 11.2 Å². The molecule has 0 spiro atoms. The van der Waals surface area contributed by atoms with Crippen molar-refractivity contribution in [2.75, 3.05) is 12.4 Å². The van der Waals surface area contributed by atoms with Crippen molar-refractivity contribution in [2.45, 2.75) is 12.8 Å². The molecule has 0 radical (unpaired) electrons. The van der Waals surface area contributed by atoms with Gasteiger partial charge in [-0.05, 0) is 18.2 Å². The Balaban J connectivity index is 1.34. The fraction of sp³-hybridized carbons (Fsp3) is 0.136. The SMILES string of the molecule is COc1ccc(-c2csc(NC(=O)CCc3ncc(-c4ccccc4)o3)n2)cc1Cl. The van der Waals surface area contributed by atoms with Crippen LogP contribution in [0.4, 0.5) is 5.13 Å². The van der Waals surface area contributed by atoms with E-state index in [4.69, 9.17) is 20.8 Å². The predicted molar refractivity (Wildman–Crippen MR) is 118 cm³/mol. The molecule has 0 atom stereocenters. The van der Waals surface area contributed by atoms with Crippen molar-refractivity contribution < 1.29 is 13.9 Å². The molecule has 0 fully saturated rings. The minimum Gasteiger partial charge on any atom is -0.495 e. The molecule has 4 rings (SSSR count). The van der Waals surface area contributed by atoms with Crippen LogP contribution in [0, 0.1) is 0 Å². The number of halogens is 1. The number of benzene rings is 2. The Kier molecular flexibility index (Phi) is 6.11. The molecule has 0 bridgehead atoms. The second-order valence-corrected chi connectivity index (χ2v) is 7.68. The van der Waals surface area contributed by atoms with E-state index < -0.39 is 0 Å². The van der Waals surface area contributed by atoms with Gasteiger partial charge in [0.15, 0.2) is 16.8 Å². The van der Waals surface area contributed by atoms with Crippen LogP contribution in [0.15, 0.2) is 64.5 Å². The molecule has 4 aromatic rings. The number of hydrogen-bond donors (Lipinski definition) is 1. The van der Waals surface area contributed by atoms with Gasteiger partial charge in [-0.15, -0.1) is 11.3 Å².